The standard InChI is InChI=1S/C23H31FN2O3/c1-13-8-16-20(18(24)19(13)25-17(27)11-22(3,4)5)29-14(2)21(28)26(16)12-15-9-23(10-15)6-7-23/h8,14-15H,6-7,9-12H2,1-5H3,(H,25,27). The molecule has 29 heavy (non-hydrogen) atoms. The first kappa shape index (κ1) is 20.2. The number of amides is 2. The number of nitrogens with zero attached hydrogens (tertiary/aromatic N) is 1. The first-order valence-corrected chi connectivity index (χ1v) is 10.6. The van der Waals surface area contributed by atoms with Crippen LogP contribution in [-0.2, 0) is 9.59 Å². The lowest BCUT2D eigenvalue weighted by atomic mass is 9.71. The molecule has 0 radical (unpaired) electrons. The summed E-state index contributed by atoms with van der Waals surface area (Å²) >= 11 is 0. The van der Waals surface area contributed by atoms with Crippen LogP contribution < -0.4 is 15.0 Å². The molecule has 5 nitrogen and oxygen atoms in total. The number of hydrogen-bond acceptors (Lipinski definition) is 3. The Kier molecular flexibility index (Phi) is 4.67. The van der Waals surface area contributed by atoms with Crippen LogP contribution in [0.2, 0.25) is 0 Å². The molecular formula is C23H31FN2O3. The van der Waals surface area contributed by atoms with E-state index in [9.17, 15) is 9.59 Å². The molecule has 1 N–H and O–H groups in total. The number of nitrogens with one attached hydrogen (secondary N) is 1. The number of aryl methyl sites for hydroxylation is 1. The van der Waals surface area contributed by atoms with Crippen molar-refractivity contribution in [2.75, 3.05) is 16.8 Å². The van der Waals surface area contributed by atoms with Crippen molar-refractivity contribution < 1.29 is 18.7 Å². The van der Waals surface area contributed by atoms with E-state index in [4.69, 9.17) is 4.74 Å². The predicted octanol–water partition coefficient (Wildman–Crippen LogP) is 4.81. The Bertz CT molecular complexity index is 862. The first-order valence-electron chi connectivity index (χ1n) is 10.6. The molecule has 2 saturated carbocycles. The van der Waals surface area contributed by atoms with Crippen molar-refractivity contribution in [3.8, 4) is 5.75 Å². The minimum atomic E-state index is -0.743. The number of fused-ring (bicyclic) bond motifs is 1. The fraction of sp³-hybridized carbons (Fsp3) is 0.652. The Balaban J connectivity index is 1.60. The Morgan fingerprint density at radius 2 is 2.00 bits per heavy atom. The number of carbonyl (C=O) groups excluding carboxylic acids is 2. The number of rotatable bonds is 4. The molecule has 0 bridgehead atoms. The Labute approximate surface area is 172 Å². The summed E-state index contributed by atoms with van der Waals surface area (Å²) in [7, 11) is 0. The lowest BCUT2D eigenvalue weighted by molar-refractivity contribution is -0.126. The summed E-state index contributed by atoms with van der Waals surface area (Å²) in [5, 5.41) is 2.71. The molecule has 1 aliphatic heterocycles. The van der Waals surface area contributed by atoms with Gasteiger partial charge in [-0.15, -0.1) is 0 Å². The fourth-order valence-corrected chi connectivity index (χ4v) is 4.76. The van der Waals surface area contributed by atoms with E-state index in [1.54, 1.807) is 24.8 Å². The summed E-state index contributed by atoms with van der Waals surface area (Å²) in [4.78, 5) is 26.8. The number of benzene rings is 1. The van der Waals surface area contributed by atoms with Crippen LogP contribution in [0.3, 0.4) is 0 Å². The molecule has 1 heterocycles. The summed E-state index contributed by atoms with van der Waals surface area (Å²) in [6.45, 7) is 9.89. The molecule has 1 atom stereocenters. The number of hydrogen-bond donors (Lipinski definition) is 1. The third kappa shape index (κ3) is 3.86. The minimum Gasteiger partial charge on any atom is -0.476 e. The van der Waals surface area contributed by atoms with E-state index in [0.717, 1.165) is 12.8 Å². The Morgan fingerprint density at radius 3 is 2.59 bits per heavy atom. The van der Waals surface area contributed by atoms with Gasteiger partial charge >= 0.3 is 0 Å². The molecule has 2 amide bonds. The van der Waals surface area contributed by atoms with E-state index >= 15 is 4.39 Å². The lowest BCUT2D eigenvalue weighted by Crippen LogP contribution is -2.48. The maximum atomic E-state index is 15.4. The highest BCUT2D eigenvalue weighted by Crippen LogP contribution is 2.63. The van der Waals surface area contributed by atoms with E-state index in [-0.39, 0.29) is 35.1 Å². The van der Waals surface area contributed by atoms with Crippen molar-refractivity contribution >= 4 is 23.2 Å². The first-order chi connectivity index (χ1) is 13.5. The number of halogens is 1. The summed E-state index contributed by atoms with van der Waals surface area (Å²) in [6.07, 6.45) is 4.47. The van der Waals surface area contributed by atoms with E-state index in [1.165, 1.54) is 12.8 Å². The largest absolute Gasteiger partial charge is 0.476 e. The van der Waals surface area contributed by atoms with Gasteiger partial charge in [-0.3, -0.25) is 9.59 Å². The maximum absolute atomic E-state index is 15.4. The van der Waals surface area contributed by atoms with Crippen LogP contribution in [0.5, 0.6) is 5.75 Å². The molecule has 0 aromatic heterocycles. The van der Waals surface area contributed by atoms with E-state index < -0.39 is 11.9 Å². The summed E-state index contributed by atoms with van der Waals surface area (Å²) in [5.41, 5.74) is 1.57. The highest BCUT2D eigenvalue weighted by Gasteiger charge is 2.53. The lowest BCUT2D eigenvalue weighted by Gasteiger charge is -2.41. The topological polar surface area (TPSA) is 58.6 Å². The van der Waals surface area contributed by atoms with Gasteiger partial charge in [0, 0.05) is 13.0 Å². The molecule has 0 saturated heterocycles. The minimum absolute atomic E-state index is 0.0641. The molecule has 1 aromatic carbocycles. The summed E-state index contributed by atoms with van der Waals surface area (Å²) in [6, 6.07) is 1.76. The molecule has 2 fully saturated rings. The SMILES string of the molecule is Cc1cc2c(c(F)c1NC(=O)CC(C)(C)C)OC(C)C(=O)N2CC1CC2(CC2)C1. The molecule has 1 aromatic rings. The zero-order chi connectivity index (χ0) is 21.1. The van der Waals surface area contributed by atoms with Crippen LogP contribution in [0.4, 0.5) is 15.8 Å². The monoisotopic (exact) mass is 402 g/mol. The second-order valence-corrected chi connectivity index (χ2v) is 10.5. The average Bonchev–Trinajstić information content (AvgIpc) is 3.35. The molecule has 1 spiro atoms. The molecule has 3 aliphatic rings. The second-order valence-electron chi connectivity index (χ2n) is 10.5. The van der Waals surface area contributed by atoms with Gasteiger partial charge in [0.05, 0.1) is 11.4 Å². The van der Waals surface area contributed by atoms with Crippen molar-refractivity contribution in [1.29, 1.82) is 0 Å². The number of ether oxygens (including phenoxy) is 1. The average molecular weight is 403 g/mol. The van der Waals surface area contributed by atoms with Crippen LogP contribution in [0, 0.1) is 29.5 Å². The normalized spacial score (nSPS) is 22.8. The van der Waals surface area contributed by atoms with Gasteiger partial charge in [-0.1, -0.05) is 20.8 Å². The van der Waals surface area contributed by atoms with Crippen molar-refractivity contribution in [1.82, 2.24) is 0 Å². The van der Waals surface area contributed by atoms with Gasteiger partial charge in [-0.05, 0) is 67.9 Å². The smallest absolute Gasteiger partial charge is 0.267 e. The Hall–Kier alpha value is -2.11. The van der Waals surface area contributed by atoms with Gasteiger partial charge in [0.1, 0.15) is 0 Å². The molecule has 158 valence electrons. The highest BCUT2D eigenvalue weighted by molar-refractivity contribution is 6.01. The van der Waals surface area contributed by atoms with E-state index in [2.05, 4.69) is 5.32 Å². The second kappa shape index (κ2) is 6.71. The summed E-state index contributed by atoms with van der Waals surface area (Å²) < 4.78 is 21.0. The highest BCUT2D eigenvalue weighted by atomic mass is 19.1. The zero-order valence-corrected chi connectivity index (χ0v) is 18.0. The fourth-order valence-electron chi connectivity index (χ4n) is 4.76. The molecule has 2 aliphatic carbocycles. The van der Waals surface area contributed by atoms with Gasteiger partial charge < -0.3 is 15.0 Å². The Morgan fingerprint density at radius 1 is 1.34 bits per heavy atom. The van der Waals surface area contributed by atoms with Crippen LogP contribution in [0.1, 0.15) is 65.4 Å². The summed E-state index contributed by atoms with van der Waals surface area (Å²) in [5.74, 6) is -0.430. The van der Waals surface area contributed by atoms with Gasteiger partial charge in [-0.25, -0.2) is 4.39 Å². The van der Waals surface area contributed by atoms with E-state index in [1.807, 2.05) is 20.8 Å². The van der Waals surface area contributed by atoms with Crippen molar-refractivity contribution in [3.05, 3.63) is 17.4 Å². The van der Waals surface area contributed by atoms with Crippen LogP contribution in [0.15, 0.2) is 6.07 Å². The van der Waals surface area contributed by atoms with Crippen molar-refractivity contribution in [2.45, 2.75) is 72.8 Å². The van der Waals surface area contributed by atoms with Gasteiger partial charge in [-0.2, -0.15) is 0 Å². The molecular weight excluding hydrogens is 371 g/mol. The maximum Gasteiger partial charge on any atom is 0.267 e. The number of anilines is 2. The number of carbonyl (C=O) groups is 2. The van der Waals surface area contributed by atoms with Gasteiger partial charge in [0.15, 0.2) is 17.7 Å². The predicted molar refractivity (Wildman–Crippen MR) is 111 cm³/mol. The molecule has 1 unspecified atom stereocenters. The van der Waals surface area contributed by atoms with Crippen LogP contribution >= 0.6 is 0 Å². The van der Waals surface area contributed by atoms with Crippen molar-refractivity contribution in [3.63, 3.8) is 0 Å². The third-order valence-electron chi connectivity index (χ3n) is 6.39. The van der Waals surface area contributed by atoms with Gasteiger partial charge in [0.2, 0.25) is 5.91 Å². The third-order valence-corrected chi connectivity index (χ3v) is 6.39. The van der Waals surface area contributed by atoms with Gasteiger partial charge in [0.25, 0.3) is 5.91 Å². The molecule has 6 heteroatoms. The van der Waals surface area contributed by atoms with Crippen molar-refractivity contribution in [2.24, 2.45) is 16.7 Å². The quantitative estimate of drug-likeness (QED) is 0.786. The van der Waals surface area contributed by atoms with Crippen LogP contribution in [-0.4, -0.2) is 24.5 Å². The zero-order valence-electron chi connectivity index (χ0n) is 18.0. The molecule has 4 rings (SSSR count). The van der Waals surface area contributed by atoms with Crippen LogP contribution in [0.25, 0.3) is 0 Å². The van der Waals surface area contributed by atoms with E-state index in [0.29, 0.717) is 29.1 Å².